The molecule has 1 aromatic heterocycles. The van der Waals surface area contributed by atoms with Crippen molar-refractivity contribution in [2.45, 2.75) is 6.54 Å². The molecule has 26 heavy (non-hydrogen) atoms. The molecule has 3 aromatic rings. The van der Waals surface area contributed by atoms with E-state index in [9.17, 15) is 13.6 Å². The lowest BCUT2D eigenvalue weighted by molar-refractivity contribution is 0.0755. The van der Waals surface area contributed by atoms with Crippen molar-refractivity contribution < 1.29 is 13.6 Å². The number of aromatic nitrogens is 2. The topological polar surface area (TPSA) is 38.1 Å². The van der Waals surface area contributed by atoms with Crippen LogP contribution < -0.4 is 0 Å². The number of hydrogen-bond acceptors (Lipinski definition) is 2. The predicted octanol–water partition coefficient (Wildman–Crippen LogP) is 3.98. The quantitative estimate of drug-likeness (QED) is 0.629. The van der Waals surface area contributed by atoms with E-state index < -0.39 is 5.82 Å². The summed E-state index contributed by atoms with van der Waals surface area (Å²) >= 11 is 0. The summed E-state index contributed by atoms with van der Waals surface area (Å²) in [7, 11) is 0. The van der Waals surface area contributed by atoms with E-state index in [4.69, 9.17) is 0 Å². The summed E-state index contributed by atoms with van der Waals surface area (Å²) in [5.41, 5.74) is 1.10. The monoisotopic (exact) mass is 353 g/mol. The largest absolute Gasteiger partial charge is 0.329 e. The van der Waals surface area contributed by atoms with Crippen molar-refractivity contribution in [1.29, 1.82) is 0 Å². The molecule has 0 N–H and O–H groups in total. The normalized spacial score (nSPS) is 10.5. The van der Waals surface area contributed by atoms with Crippen LogP contribution in [0, 0.1) is 11.6 Å². The van der Waals surface area contributed by atoms with Gasteiger partial charge in [0.1, 0.15) is 11.6 Å². The zero-order valence-corrected chi connectivity index (χ0v) is 14.0. The van der Waals surface area contributed by atoms with Crippen molar-refractivity contribution in [2.24, 2.45) is 0 Å². The number of carbonyl (C=O) groups excluding carboxylic acids is 1. The van der Waals surface area contributed by atoms with Crippen molar-refractivity contribution >= 4 is 5.91 Å². The molecule has 0 aliphatic rings. The van der Waals surface area contributed by atoms with Crippen LogP contribution in [0.5, 0.6) is 0 Å². The molecule has 132 valence electrons. The summed E-state index contributed by atoms with van der Waals surface area (Å²) in [5, 5.41) is 4.22. The van der Waals surface area contributed by atoms with Gasteiger partial charge in [-0.05, 0) is 30.3 Å². The third kappa shape index (κ3) is 3.85. The minimum Gasteiger partial charge on any atom is -0.329 e. The maximum Gasteiger partial charge on any atom is 0.274 e. The second-order valence-electron chi connectivity index (χ2n) is 5.69. The van der Waals surface area contributed by atoms with Crippen LogP contribution in [0.4, 0.5) is 8.78 Å². The van der Waals surface area contributed by atoms with Gasteiger partial charge in [-0.25, -0.2) is 13.5 Å². The maximum absolute atomic E-state index is 13.9. The summed E-state index contributed by atoms with van der Waals surface area (Å²) in [6.07, 6.45) is 3.15. The summed E-state index contributed by atoms with van der Waals surface area (Å²) in [6.45, 7) is 4.00. The van der Waals surface area contributed by atoms with Gasteiger partial charge in [0.25, 0.3) is 5.91 Å². The first-order valence-electron chi connectivity index (χ1n) is 8.03. The van der Waals surface area contributed by atoms with Crippen molar-refractivity contribution in [3.8, 4) is 5.69 Å². The van der Waals surface area contributed by atoms with Crippen LogP contribution in [0.1, 0.15) is 16.1 Å². The molecule has 0 saturated heterocycles. The summed E-state index contributed by atoms with van der Waals surface area (Å²) in [6, 6.07) is 13.7. The lowest BCUT2D eigenvalue weighted by Crippen LogP contribution is -2.31. The minimum atomic E-state index is -0.390. The van der Waals surface area contributed by atoms with E-state index in [1.165, 1.54) is 27.8 Å². The molecule has 0 fully saturated rings. The smallest absolute Gasteiger partial charge is 0.274 e. The van der Waals surface area contributed by atoms with Gasteiger partial charge in [0, 0.05) is 24.8 Å². The molecule has 0 bridgehead atoms. The van der Waals surface area contributed by atoms with E-state index in [0.29, 0.717) is 11.3 Å². The van der Waals surface area contributed by atoms with Crippen LogP contribution in [0.25, 0.3) is 5.69 Å². The highest BCUT2D eigenvalue weighted by Crippen LogP contribution is 2.14. The Morgan fingerprint density at radius 3 is 2.69 bits per heavy atom. The molecule has 0 radical (unpaired) electrons. The number of halogens is 2. The second kappa shape index (κ2) is 7.74. The Bertz CT molecular complexity index is 936. The summed E-state index contributed by atoms with van der Waals surface area (Å²) in [4.78, 5) is 14.2. The van der Waals surface area contributed by atoms with Crippen molar-refractivity contribution in [3.05, 3.63) is 96.3 Å². The number of benzene rings is 2. The highest BCUT2D eigenvalue weighted by molar-refractivity contribution is 5.92. The minimum absolute atomic E-state index is 0.102. The zero-order valence-electron chi connectivity index (χ0n) is 14.0. The van der Waals surface area contributed by atoms with Crippen LogP contribution >= 0.6 is 0 Å². The lowest BCUT2D eigenvalue weighted by atomic mass is 10.2. The number of rotatable bonds is 6. The van der Waals surface area contributed by atoms with Crippen LogP contribution in [0.3, 0.4) is 0 Å². The van der Waals surface area contributed by atoms with Gasteiger partial charge in [-0.15, -0.1) is 6.58 Å². The standard InChI is InChI=1S/C20H17F2N3O/c1-2-11-24(14-15-6-3-4-9-18(15)22)20(26)19-10-12-25(23-19)17-8-5-7-16(21)13-17/h2-10,12-13H,1,11,14H2. The Kier molecular flexibility index (Phi) is 5.22. The van der Waals surface area contributed by atoms with Gasteiger partial charge in [0.15, 0.2) is 5.69 Å². The molecule has 2 aromatic carbocycles. The van der Waals surface area contributed by atoms with Crippen molar-refractivity contribution in [3.63, 3.8) is 0 Å². The molecule has 6 heteroatoms. The van der Waals surface area contributed by atoms with Gasteiger partial charge in [0.2, 0.25) is 0 Å². The third-order valence-corrected chi connectivity index (χ3v) is 3.84. The van der Waals surface area contributed by atoms with Gasteiger partial charge in [-0.2, -0.15) is 5.10 Å². The Morgan fingerprint density at radius 1 is 1.15 bits per heavy atom. The highest BCUT2D eigenvalue weighted by Gasteiger charge is 2.19. The van der Waals surface area contributed by atoms with E-state index >= 15 is 0 Å². The fraction of sp³-hybridized carbons (Fsp3) is 0.100. The first kappa shape index (κ1) is 17.5. The average molecular weight is 353 g/mol. The molecule has 0 atom stereocenters. The number of nitrogens with zero attached hydrogens (tertiary/aromatic N) is 3. The molecule has 0 saturated carbocycles. The van der Waals surface area contributed by atoms with E-state index in [1.807, 2.05) is 0 Å². The van der Waals surface area contributed by atoms with E-state index in [-0.39, 0.29) is 30.5 Å². The molecular formula is C20H17F2N3O. The summed E-state index contributed by atoms with van der Waals surface area (Å²) < 4.78 is 28.7. The zero-order chi connectivity index (χ0) is 18.5. The molecule has 0 unspecified atom stereocenters. The van der Waals surface area contributed by atoms with Gasteiger partial charge in [0.05, 0.1) is 5.69 Å². The van der Waals surface area contributed by atoms with Crippen LogP contribution in [-0.4, -0.2) is 27.1 Å². The first-order valence-corrected chi connectivity index (χ1v) is 8.03. The lowest BCUT2D eigenvalue weighted by Gasteiger charge is -2.20. The van der Waals surface area contributed by atoms with Gasteiger partial charge >= 0.3 is 0 Å². The van der Waals surface area contributed by atoms with Crippen LogP contribution in [0.15, 0.2) is 73.4 Å². The molecule has 4 nitrogen and oxygen atoms in total. The molecule has 0 aliphatic heterocycles. The number of carbonyl (C=O) groups is 1. The van der Waals surface area contributed by atoms with Gasteiger partial charge < -0.3 is 4.90 Å². The molecule has 0 aliphatic carbocycles. The Labute approximate surface area is 150 Å². The number of amides is 1. The van der Waals surface area contributed by atoms with E-state index in [0.717, 1.165) is 0 Å². The maximum atomic E-state index is 13.9. The first-order chi connectivity index (χ1) is 12.6. The second-order valence-corrected chi connectivity index (χ2v) is 5.69. The predicted molar refractivity (Wildman–Crippen MR) is 94.9 cm³/mol. The van der Waals surface area contributed by atoms with Gasteiger partial charge in [-0.3, -0.25) is 4.79 Å². The number of hydrogen-bond donors (Lipinski definition) is 0. The van der Waals surface area contributed by atoms with Crippen LogP contribution in [-0.2, 0) is 6.54 Å². The third-order valence-electron chi connectivity index (χ3n) is 3.84. The van der Waals surface area contributed by atoms with Crippen molar-refractivity contribution in [1.82, 2.24) is 14.7 Å². The highest BCUT2D eigenvalue weighted by atomic mass is 19.1. The average Bonchev–Trinajstić information content (AvgIpc) is 3.13. The Hall–Kier alpha value is -3.28. The molecular weight excluding hydrogens is 336 g/mol. The SMILES string of the molecule is C=CCN(Cc1ccccc1F)C(=O)c1ccn(-c2cccc(F)c2)n1. The van der Waals surface area contributed by atoms with E-state index in [1.54, 1.807) is 48.7 Å². The Balaban J connectivity index is 1.84. The molecule has 1 heterocycles. The van der Waals surface area contributed by atoms with E-state index in [2.05, 4.69) is 11.7 Å². The fourth-order valence-corrected chi connectivity index (χ4v) is 2.57. The van der Waals surface area contributed by atoms with Crippen molar-refractivity contribution in [2.75, 3.05) is 6.54 Å². The molecule has 0 spiro atoms. The van der Waals surface area contributed by atoms with Crippen LogP contribution in [0.2, 0.25) is 0 Å². The Morgan fingerprint density at radius 2 is 1.96 bits per heavy atom. The summed E-state index contributed by atoms with van der Waals surface area (Å²) in [5.74, 6) is -1.12. The molecule has 1 amide bonds. The molecule has 3 rings (SSSR count). The fourth-order valence-electron chi connectivity index (χ4n) is 2.57. The van der Waals surface area contributed by atoms with Gasteiger partial charge in [-0.1, -0.05) is 30.3 Å².